The number of benzene rings is 1. The van der Waals surface area contributed by atoms with Gasteiger partial charge in [0.1, 0.15) is 0 Å². The summed E-state index contributed by atoms with van der Waals surface area (Å²) >= 11 is 0. The number of methoxy groups -OCH3 is 1. The third-order valence-corrected chi connectivity index (χ3v) is 4.85. The minimum Gasteiger partial charge on any atom is -0.378 e. The molecule has 116 valence electrons. The van der Waals surface area contributed by atoms with Crippen LogP contribution >= 0.6 is 0 Å². The maximum absolute atomic E-state index is 12.7. The van der Waals surface area contributed by atoms with Crippen LogP contribution in [0.4, 0.5) is 0 Å². The molecule has 0 N–H and O–H groups in total. The topological polar surface area (TPSA) is 26.3 Å². The van der Waals surface area contributed by atoms with Crippen molar-refractivity contribution in [2.75, 3.05) is 7.11 Å². The molecule has 2 nitrogen and oxygen atoms in total. The summed E-state index contributed by atoms with van der Waals surface area (Å²) in [5.41, 5.74) is 3.18. The molecule has 21 heavy (non-hydrogen) atoms. The highest BCUT2D eigenvalue weighted by Crippen LogP contribution is 2.39. The average Bonchev–Trinajstić information content (AvgIpc) is 2.41. The van der Waals surface area contributed by atoms with Crippen molar-refractivity contribution in [1.29, 1.82) is 0 Å². The first-order valence-corrected chi connectivity index (χ1v) is 8.11. The Balaban J connectivity index is 2.27. The lowest BCUT2D eigenvalue weighted by Crippen LogP contribution is -2.41. The predicted octanol–water partition coefficient (Wildman–Crippen LogP) is 5.08. The van der Waals surface area contributed by atoms with Crippen molar-refractivity contribution in [1.82, 2.24) is 0 Å². The second-order valence-electron chi connectivity index (χ2n) is 7.00. The summed E-state index contributed by atoms with van der Waals surface area (Å²) in [4.78, 5) is 12.7. The lowest BCUT2D eigenvalue weighted by molar-refractivity contribution is -0.0705. The molecule has 0 heterocycles. The van der Waals surface area contributed by atoms with Gasteiger partial charge in [-0.05, 0) is 42.2 Å². The zero-order chi connectivity index (χ0) is 15.6. The Labute approximate surface area is 128 Å². The number of carbonyl (C=O) groups is 1. The van der Waals surface area contributed by atoms with Gasteiger partial charge in [0.05, 0.1) is 5.60 Å². The van der Waals surface area contributed by atoms with Crippen LogP contribution in [0.5, 0.6) is 0 Å². The van der Waals surface area contributed by atoms with Crippen molar-refractivity contribution in [2.24, 2.45) is 0 Å². The summed E-state index contributed by atoms with van der Waals surface area (Å²) in [7, 11) is 1.73. The molecule has 0 aromatic heterocycles. The van der Waals surface area contributed by atoms with E-state index in [0.717, 1.165) is 18.4 Å². The SMILES string of the molecule is COC1(CC(=O)c2ccc(C(C)C)cc2C(C)C)CCC1. The van der Waals surface area contributed by atoms with Gasteiger partial charge in [-0.1, -0.05) is 45.9 Å². The summed E-state index contributed by atoms with van der Waals surface area (Å²) in [5.74, 6) is 1.08. The second kappa shape index (κ2) is 6.31. The number of carbonyl (C=O) groups excluding carboxylic acids is 1. The summed E-state index contributed by atoms with van der Waals surface area (Å²) < 4.78 is 5.61. The van der Waals surface area contributed by atoms with Gasteiger partial charge in [0.15, 0.2) is 5.78 Å². The zero-order valence-corrected chi connectivity index (χ0v) is 14.0. The summed E-state index contributed by atoms with van der Waals surface area (Å²) in [6, 6.07) is 6.34. The van der Waals surface area contributed by atoms with E-state index in [0.29, 0.717) is 18.3 Å². The van der Waals surface area contributed by atoms with Gasteiger partial charge in [-0.25, -0.2) is 0 Å². The summed E-state index contributed by atoms with van der Waals surface area (Å²) in [5, 5.41) is 0. The van der Waals surface area contributed by atoms with E-state index in [1.807, 2.05) is 6.07 Å². The van der Waals surface area contributed by atoms with Crippen LogP contribution in [0, 0.1) is 0 Å². The van der Waals surface area contributed by atoms with E-state index in [1.54, 1.807) is 7.11 Å². The number of hydrogen-bond donors (Lipinski definition) is 0. The third kappa shape index (κ3) is 3.37. The quantitative estimate of drug-likeness (QED) is 0.683. The van der Waals surface area contributed by atoms with Gasteiger partial charge in [0, 0.05) is 19.1 Å². The van der Waals surface area contributed by atoms with Crippen molar-refractivity contribution in [2.45, 2.75) is 70.8 Å². The Kier molecular flexibility index (Phi) is 4.88. The van der Waals surface area contributed by atoms with Gasteiger partial charge in [-0.3, -0.25) is 4.79 Å². The molecule has 1 aliphatic rings. The molecular weight excluding hydrogens is 260 g/mol. The fourth-order valence-electron chi connectivity index (χ4n) is 3.08. The molecule has 0 saturated heterocycles. The Bertz CT molecular complexity index is 505. The largest absolute Gasteiger partial charge is 0.378 e. The first-order valence-electron chi connectivity index (χ1n) is 8.11. The van der Waals surface area contributed by atoms with Gasteiger partial charge in [-0.15, -0.1) is 0 Å². The molecule has 0 bridgehead atoms. The smallest absolute Gasteiger partial charge is 0.166 e. The van der Waals surface area contributed by atoms with Gasteiger partial charge >= 0.3 is 0 Å². The molecule has 1 fully saturated rings. The highest BCUT2D eigenvalue weighted by Gasteiger charge is 2.39. The number of Topliss-reactive ketones (excluding diaryl/α,β-unsaturated/α-hetero) is 1. The number of ketones is 1. The van der Waals surface area contributed by atoms with Crippen LogP contribution in [0.2, 0.25) is 0 Å². The van der Waals surface area contributed by atoms with Crippen molar-refractivity contribution in [3.05, 3.63) is 34.9 Å². The Morgan fingerprint density at radius 2 is 1.86 bits per heavy atom. The van der Waals surface area contributed by atoms with E-state index in [4.69, 9.17) is 4.74 Å². The van der Waals surface area contributed by atoms with E-state index in [1.165, 1.54) is 17.5 Å². The lowest BCUT2D eigenvalue weighted by atomic mass is 9.75. The second-order valence-corrected chi connectivity index (χ2v) is 7.00. The van der Waals surface area contributed by atoms with Gasteiger partial charge in [0.25, 0.3) is 0 Å². The number of ether oxygens (including phenoxy) is 1. The molecule has 2 heteroatoms. The van der Waals surface area contributed by atoms with Crippen LogP contribution in [0.3, 0.4) is 0 Å². The minimum absolute atomic E-state index is 0.192. The molecule has 0 radical (unpaired) electrons. The zero-order valence-electron chi connectivity index (χ0n) is 14.0. The maximum Gasteiger partial charge on any atom is 0.166 e. The predicted molar refractivity (Wildman–Crippen MR) is 87.2 cm³/mol. The molecule has 0 spiro atoms. The van der Waals surface area contributed by atoms with Gasteiger partial charge in [-0.2, -0.15) is 0 Å². The molecule has 0 unspecified atom stereocenters. The Morgan fingerprint density at radius 1 is 1.19 bits per heavy atom. The van der Waals surface area contributed by atoms with Crippen LogP contribution in [-0.4, -0.2) is 18.5 Å². The van der Waals surface area contributed by atoms with Crippen LogP contribution < -0.4 is 0 Å². The molecule has 1 aromatic carbocycles. The van der Waals surface area contributed by atoms with E-state index in [2.05, 4.69) is 39.8 Å². The Hall–Kier alpha value is -1.15. The van der Waals surface area contributed by atoms with E-state index >= 15 is 0 Å². The van der Waals surface area contributed by atoms with Gasteiger partial charge in [0.2, 0.25) is 0 Å². The van der Waals surface area contributed by atoms with Crippen LogP contribution in [0.25, 0.3) is 0 Å². The lowest BCUT2D eigenvalue weighted by Gasteiger charge is -2.40. The van der Waals surface area contributed by atoms with Crippen molar-refractivity contribution in [3.8, 4) is 0 Å². The Morgan fingerprint density at radius 3 is 2.29 bits per heavy atom. The van der Waals surface area contributed by atoms with E-state index < -0.39 is 0 Å². The summed E-state index contributed by atoms with van der Waals surface area (Å²) in [6.45, 7) is 8.70. The summed E-state index contributed by atoms with van der Waals surface area (Å²) in [6.07, 6.45) is 3.71. The number of hydrogen-bond acceptors (Lipinski definition) is 2. The molecule has 0 atom stereocenters. The van der Waals surface area contributed by atoms with E-state index in [-0.39, 0.29) is 11.4 Å². The molecule has 0 amide bonds. The fraction of sp³-hybridized carbons (Fsp3) is 0.632. The minimum atomic E-state index is -0.192. The fourth-order valence-corrected chi connectivity index (χ4v) is 3.08. The molecule has 1 aliphatic carbocycles. The van der Waals surface area contributed by atoms with Gasteiger partial charge < -0.3 is 4.74 Å². The first-order chi connectivity index (χ1) is 9.88. The van der Waals surface area contributed by atoms with Crippen molar-refractivity contribution >= 4 is 5.78 Å². The number of rotatable bonds is 6. The highest BCUT2D eigenvalue weighted by atomic mass is 16.5. The van der Waals surface area contributed by atoms with Crippen LogP contribution in [0.15, 0.2) is 18.2 Å². The first kappa shape index (κ1) is 16.2. The maximum atomic E-state index is 12.7. The molecule has 1 aromatic rings. The standard InChI is InChI=1S/C19H28O2/c1-13(2)15-7-8-16(17(11-15)14(3)4)18(20)12-19(21-5)9-6-10-19/h7-8,11,13-14H,6,9-10,12H2,1-5H3. The monoisotopic (exact) mass is 288 g/mol. The highest BCUT2D eigenvalue weighted by molar-refractivity contribution is 5.98. The molecule has 0 aliphatic heterocycles. The van der Waals surface area contributed by atoms with Crippen molar-refractivity contribution < 1.29 is 9.53 Å². The third-order valence-electron chi connectivity index (χ3n) is 4.85. The molecular formula is C19H28O2. The average molecular weight is 288 g/mol. The molecule has 2 rings (SSSR count). The van der Waals surface area contributed by atoms with Crippen LogP contribution in [0.1, 0.15) is 86.7 Å². The molecule has 1 saturated carbocycles. The van der Waals surface area contributed by atoms with Crippen LogP contribution in [-0.2, 0) is 4.74 Å². The van der Waals surface area contributed by atoms with E-state index in [9.17, 15) is 4.79 Å². The van der Waals surface area contributed by atoms with Crippen molar-refractivity contribution in [3.63, 3.8) is 0 Å². The normalized spacial score (nSPS) is 17.1.